The number of hydrogen-bond acceptors (Lipinski definition) is 2. The van der Waals surface area contributed by atoms with Gasteiger partial charge in [-0.1, -0.05) is 48.7 Å². The first-order valence-corrected chi connectivity index (χ1v) is 6.45. The average molecular weight is 296 g/mol. The van der Waals surface area contributed by atoms with Crippen molar-refractivity contribution in [1.29, 1.82) is 0 Å². The van der Waals surface area contributed by atoms with Gasteiger partial charge in [-0.3, -0.25) is 0 Å². The van der Waals surface area contributed by atoms with Crippen LogP contribution in [0.25, 0.3) is 0 Å². The third-order valence-corrected chi connectivity index (χ3v) is 4.13. The van der Waals surface area contributed by atoms with Crippen LogP contribution in [0.3, 0.4) is 0 Å². The highest BCUT2D eigenvalue weighted by Crippen LogP contribution is 2.46. The number of halogens is 3. The molecule has 1 aromatic rings. The molecule has 0 aliphatic heterocycles. The molecule has 17 heavy (non-hydrogen) atoms. The van der Waals surface area contributed by atoms with E-state index in [1.165, 1.54) is 0 Å². The van der Waals surface area contributed by atoms with Gasteiger partial charge < -0.3 is 9.84 Å². The van der Waals surface area contributed by atoms with Gasteiger partial charge in [-0.15, -0.1) is 0 Å². The third-order valence-electron chi connectivity index (χ3n) is 3.35. The molecule has 1 saturated carbocycles. The van der Waals surface area contributed by atoms with Crippen molar-refractivity contribution < 1.29 is 9.84 Å². The first kappa shape index (κ1) is 13.3. The van der Waals surface area contributed by atoms with E-state index in [1.807, 2.05) is 13.8 Å². The Kier molecular flexibility index (Phi) is 3.52. The van der Waals surface area contributed by atoms with Gasteiger partial charge in [0.15, 0.2) is 5.75 Å². The molecule has 1 N–H and O–H groups in total. The van der Waals surface area contributed by atoms with Crippen molar-refractivity contribution in [3.63, 3.8) is 0 Å². The van der Waals surface area contributed by atoms with E-state index in [0.29, 0.717) is 27.2 Å². The predicted octanol–water partition coefficient (Wildman–Crippen LogP) is 4.19. The van der Waals surface area contributed by atoms with Gasteiger partial charge in [0.2, 0.25) is 0 Å². The molecule has 0 aromatic heterocycles. The van der Waals surface area contributed by atoms with Crippen LogP contribution in [-0.4, -0.2) is 17.3 Å². The lowest BCUT2D eigenvalue weighted by atomic mass is 9.66. The summed E-state index contributed by atoms with van der Waals surface area (Å²) in [6.45, 7) is 3.90. The number of ether oxygens (including phenoxy) is 1. The van der Waals surface area contributed by atoms with Crippen LogP contribution in [0.1, 0.15) is 20.3 Å². The summed E-state index contributed by atoms with van der Waals surface area (Å²) in [6.07, 6.45) is 0.147. The highest BCUT2D eigenvalue weighted by molar-refractivity contribution is 6.40. The summed E-state index contributed by atoms with van der Waals surface area (Å²) in [5.74, 6) is 0.433. The topological polar surface area (TPSA) is 29.5 Å². The van der Waals surface area contributed by atoms with E-state index < -0.39 is 0 Å². The van der Waals surface area contributed by atoms with E-state index in [9.17, 15) is 5.11 Å². The quantitative estimate of drug-likeness (QED) is 0.886. The van der Waals surface area contributed by atoms with Crippen LogP contribution in [0, 0.1) is 5.41 Å². The van der Waals surface area contributed by atoms with E-state index in [0.717, 1.165) is 0 Å². The number of aliphatic hydroxyl groups is 1. The fourth-order valence-electron chi connectivity index (χ4n) is 1.85. The Labute approximate surface area is 115 Å². The molecule has 0 amide bonds. The zero-order valence-electron chi connectivity index (χ0n) is 9.51. The molecule has 1 aliphatic rings. The summed E-state index contributed by atoms with van der Waals surface area (Å²) in [5, 5.41) is 10.9. The fraction of sp³-hybridized carbons (Fsp3) is 0.500. The Hall–Kier alpha value is -0.150. The molecular weight excluding hydrogens is 282 g/mol. The molecule has 0 spiro atoms. The number of aliphatic hydroxyl groups excluding tert-OH is 1. The van der Waals surface area contributed by atoms with E-state index in [4.69, 9.17) is 39.5 Å². The lowest BCUT2D eigenvalue weighted by Crippen LogP contribution is -2.56. The molecule has 0 bridgehead atoms. The third kappa shape index (κ3) is 2.37. The van der Waals surface area contributed by atoms with Crippen LogP contribution >= 0.6 is 34.8 Å². The Bertz CT molecular complexity index is 422. The van der Waals surface area contributed by atoms with Crippen LogP contribution < -0.4 is 4.74 Å². The predicted molar refractivity (Wildman–Crippen MR) is 70.3 cm³/mol. The van der Waals surface area contributed by atoms with Crippen molar-refractivity contribution in [1.82, 2.24) is 0 Å². The monoisotopic (exact) mass is 294 g/mol. The summed E-state index contributed by atoms with van der Waals surface area (Å²) in [4.78, 5) is 0. The van der Waals surface area contributed by atoms with Gasteiger partial charge in [0.1, 0.15) is 6.10 Å². The van der Waals surface area contributed by atoms with Crippen LogP contribution in [0.5, 0.6) is 5.75 Å². The Balaban J connectivity index is 2.21. The van der Waals surface area contributed by atoms with Gasteiger partial charge in [-0.2, -0.15) is 0 Å². The molecule has 1 aliphatic carbocycles. The van der Waals surface area contributed by atoms with Crippen molar-refractivity contribution >= 4 is 34.8 Å². The maximum atomic E-state index is 9.64. The van der Waals surface area contributed by atoms with E-state index in [-0.39, 0.29) is 17.6 Å². The first-order valence-electron chi connectivity index (χ1n) is 5.31. The van der Waals surface area contributed by atoms with Gasteiger partial charge in [-0.25, -0.2) is 0 Å². The summed E-state index contributed by atoms with van der Waals surface area (Å²) in [7, 11) is 0. The first-order chi connectivity index (χ1) is 7.82. The normalized spacial score (nSPS) is 26.5. The van der Waals surface area contributed by atoms with Gasteiger partial charge in [0.25, 0.3) is 0 Å². The molecule has 2 atom stereocenters. The number of hydrogen-bond donors (Lipinski definition) is 1. The zero-order valence-corrected chi connectivity index (χ0v) is 11.8. The van der Waals surface area contributed by atoms with Gasteiger partial charge in [0, 0.05) is 16.9 Å². The maximum Gasteiger partial charge on any atom is 0.157 e. The standard InChI is InChI=1S/C12H13Cl3O2/c1-12(2)9(16)5-10(12)17-11-7(14)3-6(13)4-8(11)15/h3-4,9-10,16H,5H2,1-2H3. The lowest BCUT2D eigenvalue weighted by molar-refractivity contribution is -0.134. The summed E-state index contributed by atoms with van der Waals surface area (Å²) in [5.41, 5.74) is -0.285. The zero-order chi connectivity index (χ0) is 12.8. The average Bonchev–Trinajstić information content (AvgIpc) is 2.21. The Morgan fingerprint density at radius 3 is 2.18 bits per heavy atom. The SMILES string of the molecule is CC1(C)C(O)CC1Oc1c(Cl)cc(Cl)cc1Cl. The van der Waals surface area contributed by atoms with Gasteiger partial charge in [-0.05, 0) is 12.1 Å². The molecule has 94 valence electrons. The fourth-order valence-corrected chi connectivity index (χ4v) is 2.75. The second-order valence-electron chi connectivity index (χ2n) is 4.88. The summed E-state index contributed by atoms with van der Waals surface area (Å²) >= 11 is 17.9. The number of benzene rings is 1. The largest absolute Gasteiger partial charge is 0.487 e. The van der Waals surface area contributed by atoms with Crippen molar-refractivity contribution in [3.8, 4) is 5.75 Å². The van der Waals surface area contributed by atoms with Crippen LogP contribution in [0.2, 0.25) is 15.1 Å². The molecule has 5 heteroatoms. The summed E-state index contributed by atoms with van der Waals surface area (Å²) < 4.78 is 5.77. The van der Waals surface area contributed by atoms with Crippen LogP contribution in [-0.2, 0) is 0 Å². The smallest absolute Gasteiger partial charge is 0.157 e. The molecule has 2 rings (SSSR count). The molecule has 1 fully saturated rings. The minimum absolute atomic E-state index is 0.0892. The molecule has 0 radical (unpaired) electrons. The molecule has 2 nitrogen and oxygen atoms in total. The minimum Gasteiger partial charge on any atom is -0.487 e. The van der Waals surface area contributed by atoms with E-state index in [1.54, 1.807) is 12.1 Å². The Morgan fingerprint density at radius 1 is 1.24 bits per heavy atom. The van der Waals surface area contributed by atoms with E-state index in [2.05, 4.69) is 0 Å². The van der Waals surface area contributed by atoms with Crippen molar-refractivity contribution in [2.45, 2.75) is 32.5 Å². The minimum atomic E-state index is -0.350. The van der Waals surface area contributed by atoms with Gasteiger partial charge in [0.05, 0.1) is 16.1 Å². The molecular formula is C12H13Cl3O2. The highest BCUT2D eigenvalue weighted by Gasteiger charge is 2.49. The van der Waals surface area contributed by atoms with Gasteiger partial charge >= 0.3 is 0 Å². The highest BCUT2D eigenvalue weighted by atomic mass is 35.5. The van der Waals surface area contributed by atoms with Crippen molar-refractivity contribution in [2.75, 3.05) is 0 Å². The Morgan fingerprint density at radius 2 is 1.76 bits per heavy atom. The van der Waals surface area contributed by atoms with Crippen LogP contribution in [0.15, 0.2) is 12.1 Å². The molecule has 0 heterocycles. The van der Waals surface area contributed by atoms with E-state index >= 15 is 0 Å². The molecule has 1 aromatic carbocycles. The second-order valence-corrected chi connectivity index (χ2v) is 6.13. The summed E-state index contributed by atoms with van der Waals surface area (Å²) in [6, 6.07) is 3.18. The van der Waals surface area contributed by atoms with Crippen LogP contribution in [0.4, 0.5) is 0 Å². The van der Waals surface area contributed by atoms with Crippen molar-refractivity contribution in [3.05, 3.63) is 27.2 Å². The molecule has 0 saturated heterocycles. The lowest BCUT2D eigenvalue weighted by Gasteiger charge is -2.48. The molecule has 2 unspecified atom stereocenters. The maximum absolute atomic E-state index is 9.64. The number of rotatable bonds is 2. The van der Waals surface area contributed by atoms with Crippen molar-refractivity contribution in [2.24, 2.45) is 5.41 Å². The second kappa shape index (κ2) is 4.51.